The van der Waals surface area contributed by atoms with Gasteiger partial charge in [-0.25, -0.2) is 4.79 Å². The lowest BCUT2D eigenvalue weighted by atomic mass is 9.93. The summed E-state index contributed by atoms with van der Waals surface area (Å²) in [4.78, 5) is 103. The molecule has 2 aromatic rings. The highest BCUT2D eigenvalue weighted by Gasteiger charge is 2.53. The van der Waals surface area contributed by atoms with Crippen molar-refractivity contribution < 1.29 is 70.9 Å². The Kier molecular flexibility index (Phi) is 24.1. The average Bonchev–Trinajstić information content (AvgIpc) is 4.08. The quantitative estimate of drug-likeness (QED) is 0.0480. The fraction of sp³-hybridized carbons (Fsp3) is 0.615. The maximum absolute atomic E-state index is 15.0. The third kappa shape index (κ3) is 17.2. The molecule has 2 heterocycles. The molecule has 2 aliphatic rings. The maximum Gasteiger partial charge on any atom is 0.396 e. The van der Waals surface area contributed by atoms with Crippen molar-refractivity contribution >= 4 is 47.3 Å². The second kappa shape index (κ2) is 28.6. The molecule has 0 spiro atoms. The number of carbonyl (C=O) groups excluding carboxylic acids is 8. The molecule has 75 heavy (non-hydrogen) atoms. The fourth-order valence-corrected chi connectivity index (χ4v) is 8.42. The Labute approximate surface area is 435 Å². The molecule has 2 saturated heterocycles. The molecule has 7 amide bonds. The zero-order valence-corrected chi connectivity index (χ0v) is 44.1. The number of benzene rings is 2. The van der Waals surface area contributed by atoms with Gasteiger partial charge in [-0.2, -0.15) is 17.6 Å². The van der Waals surface area contributed by atoms with Crippen molar-refractivity contribution in [3.05, 3.63) is 71.8 Å². The van der Waals surface area contributed by atoms with Crippen molar-refractivity contribution in [1.29, 1.82) is 0 Å². The summed E-state index contributed by atoms with van der Waals surface area (Å²) in [6, 6.07) is 10.1. The number of amides is 7. The largest absolute Gasteiger partial charge is 0.459 e. The number of nitrogens with two attached hydrogens (primary N) is 1. The minimum absolute atomic E-state index is 0.0302. The number of likely N-dealkylation sites (tertiary alicyclic amines) is 2. The first kappa shape index (κ1) is 63.1. The highest BCUT2D eigenvalue weighted by atomic mass is 19.3. The highest BCUT2D eigenvalue weighted by Crippen LogP contribution is 2.29. The van der Waals surface area contributed by atoms with Gasteiger partial charge in [0.25, 0.3) is 11.8 Å². The van der Waals surface area contributed by atoms with E-state index in [1.807, 2.05) is 0 Å². The smallest absolute Gasteiger partial charge is 0.396 e. The monoisotopic (exact) mass is 1060 g/mol. The molecule has 19 nitrogen and oxygen atoms in total. The van der Waals surface area contributed by atoms with Gasteiger partial charge in [0.15, 0.2) is 0 Å². The summed E-state index contributed by atoms with van der Waals surface area (Å²) in [6.07, 6.45) is -3.45. The fourth-order valence-electron chi connectivity index (χ4n) is 8.42. The summed E-state index contributed by atoms with van der Waals surface area (Å²) in [7, 11) is 0. The summed E-state index contributed by atoms with van der Waals surface area (Å²) in [5, 5.41) is 32.6. The first-order valence-electron chi connectivity index (χ1n) is 25.3. The maximum atomic E-state index is 15.0. The van der Waals surface area contributed by atoms with Gasteiger partial charge in [-0.3, -0.25) is 33.6 Å². The number of ether oxygens (including phenoxy) is 1. The normalized spacial score (nSPS) is 18.2. The van der Waals surface area contributed by atoms with Crippen LogP contribution < -0.4 is 32.3 Å². The molecule has 418 valence electrons. The number of hydrogen-bond donors (Lipinski definition) is 8. The molecule has 4 rings (SSSR count). The Hall–Kier alpha value is -6.20. The van der Waals surface area contributed by atoms with Crippen molar-refractivity contribution in [2.75, 3.05) is 19.7 Å². The Morgan fingerprint density at radius 1 is 0.613 bits per heavy atom. The number of esters is 1. The summed E-state index contributed by atoms with van der Waals surface area (Å²) in [5.74, 6) is -18.3. The van der Waals surface area contributed by atoms with E-state index in [0.29, 0.717) is 36.9 Å². The molecule has 2 fully saturated rings. The van der Waals surface area contributed by atoms with E-state index >= 15 is 8.78 Å². The molecular formula is C52H76F4N8O11. The van der Waals surface area contributed by atoms with Gasteiger partial charge in [-0.15, -0.1) is 0 Å². The predicted molar refractivity (Wildman–Crippen MR) is 268 cm³/mol. The van der Waals surface area contributed by atoms with Crippen LogP contribution in [0, 0.1) is 23.7 Å². The molecule has 23 heteroatoms. The van der Waals surface area contributed by atoms with Gasteiger partial charge in [0.1, 0.15) is 30.3 Å². The van der Waals surface area contributed by atoms with E-state index < -0.39 is 119 Å². The van der Waals surface area contributed by atoms with Crippen molar-refractivity contribution in [2.45, 2.75) is 161 Å². The van der Waals surface area contributed by atoms with Crippen LogP contribution in [-0.2, 0) is 56.2 Å². The number of nitrogens with one attached hydrogen (secondary N) is 5. The van der Waals surface area contributed by atoms with Crippen molar-refractivity contribution in [3.63, 3.8) is 0 Å². The molecule has 0 radical (unpaired) electrons. The van der Waals surface area contributed by atoms with Crippen LogP contribution in [0.1, 0.15) is 99.1 Å². The lowest BCUT2D eigenvalue weighted by molar-refractivity contribution is -0.170. The van der Waals surface area contributed by atoms with Gasteiger partial charge in [0.05, 0.1) is 24.7 Å². The van der Waals surface area contributed by atoms with E-state index in [-0.39, 0.29) is 44.5 Å². The standard InChI is InChI=1S/C28H40F2N4O7.C24H36F2N4O4/c1-6-41-26(39)24(37)33-21(17(4)5)25(38)34-14-10-13-19(34)23(36)32-20(16(2)3)22(35)28(29,30)27(40)31-15-18-11-8-7-9-12-18;1-14(2)18(27)22(33)30-12-8-11-17(30)21(32)29-19(15(3)4)20(31)24(25,26)23(34)28-13-16-9-6-5-7-10-16/h7-9,11-12,16-17,19-22,35H,6,10,13-15H2,1-5H3,(H,31,40)(H,32,36)(H,33,37);5-7,9-10,14-15,17-20,31H,8,11-13,27H2,1-4H3,(H,28,34)(H,29,32)/t19?,20-,21-,22?;17?,18-,19-,20?/m00/s1. The molecule has 2 aliphatic heterocycles. The number of nitrogens with zero attached hydrogens (tertiary/aromatic N) is 2. The van der Waals surface area contributed by atoms with E-state index in [9.17, 15) is 57.4 Å². The van der Waals surface area contributed by atoms with Crippen LogP contribution in [0.2, 0.25) is 0 Å². The lowest BCUT2D eigenvalue weighted by Gasteiger charge is -2.34. The number of alkyl halides is 4. The molecular weight excluding hydrogens is 989 g/mol. The van der Waals surface area contributed by atoms with Crippen LogP contribution in [0.15, 0.2) is 60.7 Å². The van der Waals surface area contributed by atoms with Crippen LogP contribution in [0.25, 0.3) is 0 Å². The molecule has 0 aliphatic carbocycles. The van der Waals surface area contributed by atoms with E-state index in [0.717, 1.165) is 0 Å². The number of hydrogen-bond acceptors (Lipinski definition) is 12. The van der Waals surface area contributed by atoms with Crippen LogP contribution in [0.5, 0.6) is 0 Å². The van der Waals surface area contributed by atoms with Gasteiger partial charge < -0.3 is 57.1 Å². The average molecular weight is 1070 g/mol. The predicted octanol–water partition coefficient (Wildman–Crippen LogP) is 2.55. The molecule has 0 aromatic heterocycles. The van der Waals surface area contributed by atoms with Gasteiger partial charge in [0, 0.05) is 26.2 Å². The second-order valence-electron chi connectivity index (χ2n) is 20.1. The summed E-state index contributed by atoms with van der Waals surface area (Å²) < 4.78 is 64.5. The zero-order valence-electron chi connectivity index (χ0n) is 44.1. The number of carbonyl (C=O) groups is 8. The Morgan fingerprint density at radius 2 is 1.00 bits per heavy atom. The summed E-state index contributed by atoms with van der Waals surface area (Å²) >= 11 is 0. The molecule has 4 unspecified atom stereocenters. The molecule has 9 N–H and O–H groups in total. The van der Waals surface area contributed by atoms with Gasteiger partial charge in [0.2, 0.25) is 23.6 Å². The Balaban J connectivity index is 0.000000402. The van der Waals surface area contributed by atoms with E-state index in [1.54, 1.807) is 102 Å². The van der Waals surface area contributed by atoms with Crippen molar-refractivity contribution in [3.8, 4) is 0 Å². The van der Waals surface area contributed by atoms with Gasteiger partial charge in [-0.05, 0) is 67.4 Å². The zero-order chi connectivity index (χ0) is 56.5. The molecule has 2 aromatic carbocycles. The Morgan fingerprint density at radius 3 is 1.35 bits per heavy atom. The van der Waals surface area contributed by atoms with Crippen molar-refractivity contribution in [1.82, 2.24) is 36.4 Å². The third-order valence-corrected chi connectivity index (χ3v) is 13.0. The van der Waals surface area contributed by atoms with Crippen LogP contribution in [-0.4, -0.2) is 147 Å². The van der Waals surface area contributed by atoms with E-state index in [4.69, 9.17) is 5.73 Å². The summed E-state index contributed by atoms with van der Waals surface area (Å²) in [5.41, 5.74) is 7.17. The SMILES string of the molecule is CC(C)[C@H](NC(=O)C1CCCN1C(=O)[C@@H](N)C(C)C)C(O)C(F)(F)C(=O)NCc1ccccc1.CCOC(=O)C(=O)N[C@H](C(=O)N1CCCC1C(=O)N[C@@H](C(C)C)C(O)C(F)(F)C(=O)NCc1ccccc1)C(C)C. The molecule has 0 saturated carbocycles. The molecule has 8 atom stereocenters. The van der Waals surface area contributed by atoms with E-state index in [1.165, 1.54) is 30.6 Å². The Bertz CT molecular complexity index is 2240. The number of aliphatic hydroxyl groups is 2. The number of rotatable bonds is 22. The lowest BCUT2D eigenvalue weighted by Crippen LogP contribution is -2.61. The number of aliphatic hydroxyl groups excluding tert-OH is 2. The minimum atomic E-state index is -4.23. The highest BCUT2D eigenvalue weighted by molar-refractivity contribution is 6.33. The van der Waals surface area contributed by atoms with Crippen LogP contribution in [0.3, 0.4) is 0 Å². The van der Waals surface area contributed by atoms with Crippen LogP contribution >= 0.6 is 0 Å². The van der Waals surface area contributed by atoms with Gasteiger partial charge >= 0.3 is 23.7 Å². The minimum Gasteiger partial charge on any atom is -0.459 e. The summed E-state index contributed by atoms with van der Waals surface area (Å²) in [6.45, 7) is 14.7. The third-order valence-electron chi connectivity index (χ3n) is 13.0. The number of halogens is 4. The second-order valence-corrected chi connectivity index (χ2v) is 20.1. The molecule has 0 bridgehead atoms. The van der Waals surface area contributed by atoms with Crippen molar-refractivity contribution in [2.24, 2.45) is 29.4 Å². The van der Waals surface area contributed by atoms with E-state index in [2.05, 4.69) is 31.3 Å². The first-order valence-corrected chi connectivity index (χ1v) is 25.3. The van der Waals surface area contributed by atoms with Gasteiger partial charge in [-0.1, -0.05) is 116 Å². The first-order chi connectivity index (χ1) is 35.1. The topological polar surface area (TPSA) is 279 Å². The van der Waals surface area contributed by atoms with Crippen LogP contribution in [0.4, 0.5) is 17.6 Å².